The summed E-state index contributed by atoms with van der Waals surface area (Å²) in [6.07, 6.45) is 8.93. The van der Waals surface area contributed by atoms with Crippen LogP contribution in [0, 0.1) is 0 Å². The van der Waals surface area contributed by atoms with Crippen LogP contribution in [-0.4, -0.2) is 11.5 Å². The van der Waals surface area contributed by atoms with Gasteiger partial charge in [-0.2, -0.15) is 0 Å². The fourth-order valence-electron chi connectivity index (χ4n) is 2.65. The fraction of sp³-hybridized carbons (Fsp3) is 0.471. The maximum absolute atomic E-state index is 4.28. The second kappa shape index (κ2) is 7.25. The molecule has 1 heterocycles. The van der Waals surface area contributed by atoms with E-state index in [9.17, 15) is 0 Å². The van der Waals surface area contributed by atoms with Gasteiger partial charge < -0.3 is 5.32 Å². The van der Waals surface area contributed by atoms with E-state index in [1.807, 2.05) is 12.4 Å². The first-order valence-electron chi connectivity index (χ1n) is 7.42. The normalized spacial score (nSPS) is 12.7. The number of hydrogen-bond donors (Lipinski definition) is 1. The van der Waals surface area contributed by atoms with Crippen LogP contribution in [0.3, 0.4) is 0 Å². The van der Waals surface area contributed by atoms with Gasteiger partial charge in [0.25, 0.3) is 0 Å². The monoisotopic (exact) mass is 256 g/mol. The highest BCUT2D eigenvalue weighted by Gasteiger charge is 2.12. The number of pyridine rings is 1. The molecule has 0 aliphatic carbocycles. The molecule has 0 aliphatic heterocycles. The van der Waals surface area contributed by atoms with Crippen LogP contribution in [0.2, 0.25) is 0 Å². The molecule has 0 saturated heterocycles. The lowest BCUT2D eigenvalue weighted by molar-refractivity contribution is 0.489. The number of benzene rings is 1. The Morgan fingerprint density at radius 3 is 2.84 bits per heavy atom. The highest BCUT2D eigenvalue weighted by atomic mass is 14.9. The summed E-state index contributed by atoms with van der Waals surface area (Å²) >= 11 is 0. The molecule has 0 bridgehead atoms. The average Bonchev–Trinajstić information content (AvgIpc) is 2.46. The fourth-order valence-corrected chi connectivity index (χ4v) is 2.65. The van der Waals surface area contributed by atoms with Gasteiger partial charge >= 0.3 is 0 Å². The second-order valence-electron chi connectivity index (χ2n) is 5.05. The second-order valence-corrected chi connectivity index (χ2v) is 5.05. The van der Waals surface area contributed by atoms with Gasteiger partial charge in [-0.15, -0.1) is 0 Å². The van der Waals surface area contributed by atoms with Crippen LogP contribution in [0.1, 0.15) is 51.1 Å². The molecule has 102 valence electrons. The molecule has 2 heteroatoms. The third kappa shape index (κ3) is 3.54. The molecule has 1 N–H and O–H groups in total. The molecule has 1 aromatic heterocycles. The van der Waals surface area contributed by atoms with Crippen molar-refractivity contribution in [3.8, 4) is 0 Å². The van der Waals surface area contributed by atoms with Crippen molar-refractivity contribution in [2.24, 2.45) is 0 Å². The van der Waals surface area contributed by atoms with Gasteiger partial charge in [0, 0.05) is 23.8 Å². The van der Waals surface area contributed by atoms with E-state index >= 15 is 0 Å². The highest BCUT2D eigenvalue weighted by Crippen LogP contribution is 2.27. The van der Waals surface area contributed by atoms with Crippen LogP contribution in [0.25, 0.3) is 10.8 Å². The average molecular weight is 256 g/mol. The Balaban J connectivity index is 2.27. The molecule has 0 aliphatic rings. The molecular weight excluding hydrogens is 232 g/mol. The minimum atomic E-state index is 0.449. The van der Waals surface area contributed by atoms with E-state index in [1.54, 1.807) is 0 Å². The summed E-state index contributed by atoms with van der Waals surface area (Å²) < 4.78 is 0. The van der Waals surface area contributed by atoms with E-state index in [4.69, 9.17) is 0 Å². The standard InChI is InChI=1S/C17H24N2/c1-3-5-6-10-17(19-4-2)15-9-7-8-14-11-12-18-13-16(14)15/h7-9,11-13,17,19H,3-6,10H2,1-2H3. The zero-order valence-corrected chi connectivity index (χ0v) is 12.0. The number of hydrogen-bond acceptors (Lipinski definition) is 2. The van der Waals surface area contributed by atoms with Gasteiger partial charge in [0.05, 0.1) is 0 Å². The maximum Gasteiger partial charge on any atom is 0.0349 e. The SMILES string of the molecule is CCCCCC(NCC)c1cccc2ccncc12. The number of rotatable bonds is 7. The van der Waals surface area contributed by atoms with Gasteiger partial charge in [-0.25, -0.2) is 0 Å². The van der Waals surface area contributed by atoms with Gasteiger partial charge in [0.2, 0.25) is 0 Å². The van der Waals surface area contributed by atoms with Crippen LogP contribution in [-0.2, 0) is 0 Å². The first-order chi connectivity index (χ1) is 9.36. The number of aromatic nitrogens is 1. The van der Waals surface area contributed by atoms with Crippen molar-refractivity contribution < 1.29 is 0 Å². The zero-order valence-electron chi connectivity index (χ0n) is 12.0. The number of fused-ring (bicyclic) bond motifs is 1. The zero-order chi connectivity index (χ0) is 13.5. The lowest BCUT2D eigenvalue weighted by atomic mass is 9.96. The summed E-state index contributed by atoms with van der Waals surface area (Å²) in [4.78, 5) is 4.28. The summed E-state index contributed by atoms with van der Waals surface area (Å²) in [5, 5.41) is 6.19. The topological polar surface area (TPSA) is 24.9 Å². The first-order valence-corrected chi connectivity index (χ1v) is 7.42. The van der Waals surface area contributed by atoms with E-state index in [-0.39, 0.29) is 0 Å². The van der Waals surface area contributed by atoms with E-state index in [0.717, 1.165) is 6.54 Å². The summed E-state index contributed by atoms with van der Waals surface area (Å²) in [6, 6.07) is 9.10. The van der Waals surface area contributed by atoms with Gasteiger partial charge in [-0.1, -0.05) is 51.3 Å². The number of nitrogens with one attached hydrogen (secondary N) is 1. The van der Waals surface area contributed by atoms with Crippen LogP contribution < -0.4 is 5.32 Å². The molecule has 19 heavy (non-hydrogen) atoms. The van der Waals surface area contributed by atoms with Crippen LogP contribution in [0.5, 0.6) is 0 Å². The molecule has 2 aromatic rings. The summed E-state index contributed by atoms with van der Waals surface area (Å²) in [5.41, 5.74) is 1.39. The van der Waals surface area contributed by atoms with Crippen LogP contribution >= 0.6 is 0 Å². The Labute approximate surface area is 116 Å². The predicted octanol–water partition coefficient (Wildman–Crippen LogP) is 4.47. The Kier molecular flexibility index (Phi) is 5.34. The van der Waals surface area contributed by atoms with Crippen LogP contribution in [0.4, 0.5) is 0 Å². The van der Waals surface area contributed by atoms with Crippen molar-refractivity contribution >= 4 is 10.8 Å². The third-order valence-corrected chi connectivity index (χ3v) is 3.64. The Morgan fingerprint density at radius 2 is 2.05 bits per heavy atom. The van der Waals surface area contributed by atoms with Gasteiger partial charge in [0.15, 0.2) is 0 Å². The van der Waals surface area contributed by atoms with E-state index in [0.29, 0.717) is 6.04 Å². The molecule has 0 saturated carbocycles. The Bertz CT molecular complexity index is 502. The smallest absolute Gasteiger partial charge is 0.0349 e. The van der Waals surface area contributed by atoms with E-state index in [1.165, 1.54) is 42.0 Å². The van der Waals surface area contributed by atoms with Crippen molar-refractivity contribution in [3.05, 3.63) is 42.2 Å². The minimum Gasteiger partial charge on any atom is -0.310 e. The lowest BCUT2D eigenvalue weighted by Gasteiger charge is -2.20. The van der Waals surface area contributed by atoms with Crippen molar-refractivity contribution in [1.29, 1.82) is 0 Å². The molecular formula is C17H24N2. The molecule has 2 rings (SSSR count). The maximum atomic E-state index is 4.28. The molecule has 0 amide bonds. The molecule has 1 atom stereocenters. The molecule has 0 spiro atoms. The van der Waals surface area contributed by atoms with Gasteiger partial charge in [-0.3, -0.25) is 4.98 Å². The minimum absolute atomic E-state index is 0.449. The van der Waals surface area contributed by atoms with Gasteiger partial charge in [0.1, 0.15) is 0 Å². The molecule has 1 unspecified atom stereocenters. The number of nitrogens with zero attached hydrogens (tertiary/aromatic N) is 1. The predicted molar refractivity (Wildman–Crippen MR) is 82.3 cm³/mol. The Hall–Kier alpha value is -1.41. The molecule has 1 aromatic carbocycles. The molecule has 0 fully saturated rings. The highest BCUT2D eigenvalue weighted by molar-refractivity contribution is 5.85. The van der Waals surface area contributed by atoms with Crippen LogP contribution in [0.15, 0.2) is 36.7 Å². The van der Waals surface area contributed by atoms with E-state index in [2.05, 4.69) is 48.4 Å². The summed E-state index contributed by atoms with van der Waals surface area (Å²) in [5.74, 6) is 0. The van der Waals surface area contributed by atoms with Gasteiger partial charge in [-0.05, 0) is 30.0 Å². The first kappa shape index (κ1) is 14.0. The molecule has 2 nitrogen and oxygen atoms in total. The van der Waals surface area contributed by atoms with Crippen molar-refractivity contribution in [3.63, 3.8) is 0 Å². The van der Waals surface area contributed by atoms with Crippen molar-refractivity contribution in [1.82, 2.24) is 10.3 Å². The van der Waals surface area contributed by atoms with E-state index < -0.39 is 0 Å². The largest absolute Gasteiger partial charge is 0.310 e. The quantitative estimate of drug-likeness (QED) is 0.739. The summed E-state index contributed by atoms with van der Waals surface area (Å²) in [7, 11) is 0. The Morgan fingerprint density at radius 1 is 1.16 bits per heavy atom. The summed E-state index contributed by atoms with van der Waals surface area (Å²) in [6.45, 7) is 5.44. The number of unbranched alkanes of at least 4 members (excludes halogenated alkanes) is 2. The van der Waals surface area contributed by atoms with Crippen molar-refractivity contribution in [2.45, 2.75) is 45.6 Å². The molecule has 0 radical (unpaired) electrons. The van der Waals surface area contributed by atoms with Crippen molar-refractivity contribution in [2.75, 3.05) is 6.54 Å². The third-order valence-electron chi connectivity index (χ3n) is 3.64. The lowest BCUT2D eigenvalue weighted by Crippen LogP contribution is -2.21.